The first kappa shape index (κ1) is 19.8. The number of anilines is 1. The molecule has 0 saturated heterocycles. The van der Waals surface area contributed by atoms with E-state index in [1.807, 2.05) is 25.1 Å². The lowest BCUT2D eigenvalue weighted by atomic mass is 10.2. The fourth-order valence-electron chi connectivity index (χ4n) is 2.28. The number of halogens is 1. The van der Waals surface area contributed by atoms with E-state index in [0.29, 0.717) is 40.4 Å². The number of ether oxygens (including phenoxy) is 3. The number of methoxy groups -OCH3 is 1. The lowest BCUT2D eigenvalue weighted by Crippen LogP contribution is -2.21. The molecule has 1 N–H and O–H groups in total. The summed E-state index contributed by atoms with van der Waals surface area (Å²) in [6.45, 7) is 2.43. The predicted molar refractivity (Wildman–Crippen MR) is 101 cm³/mol. The zero-order valence-electron chi connectivity index (χ0n) is 14.5. The SMILES string of the molecule is CCOc1cc(C#N)cc(Br)c1OCC(=O)Nc1ccccc1COC. The Morgan fingerprint density at radius 3 is 2.73 bits per heavy atom. The third kappa shape index (κ3) is 5.22. The Kier molecular flexibility index (Phi) is 7.45. The summed E-state index contributed by atoms with van der Waals surface area (Å²) in [6.07, 6.45) is 0. The summed E-state index contributed by atoms with van der Waals surface area (Å²) < 4.78 is 16.8. The minimum atomic E-state index is -0.313. The molecule has 0 fully saturated rings. The molecule has 0 bridgehead atoms. The van der Waals surface area contributed by atoms with Crippen LogP contribution in [0.15, 0.2) is 40.9 Å². The molecule has 0 heterocycles. The van der Waals surface area contributed by atoms with Gasteiger partial charge in [0.25, 0.3) is 5.91 Å². The fourth-order valence-corrected chi connectivity index (χ4v) is 2.84. The molecule has 6 nitrogen and oxygen atoms in total. The van der Waals surface area contributed by atoms with Gasteiger partial charge in [0.05, 0.1) is 29.3 Å². The number of nitrogens with zero attached hydrogens (tertiary/aromatic N) is 1. The van der Waals surface area contributed by atoms with Gasteiger partial charge < -0.3 is 19.5 Å². The molecule has 0 spiro atoms. The molecule has 0 aliphatic carbocycles. The van der Waals surface area contributed by atoms with Crippen molar-refractivity contribution in [3.05, 3.63) is 52.0 Å². The van der Waals surface area contributed by atoms with Crippen molar-refractivity contribution < 1.29 is 19.0 Å². The van der Waals surface area contributed by atoms with Gasteiger partial charge in [0, 0.05) is 24.4 Å². The topological polar surface area (TPSA) is 80.6 Å². The molecule has 0 aliphatic heterocycles. The minimum Gasteiger partial charge on any atom is -0.490 e. The van der Waals surface area contributed by atoms with Crippen LogP contribution >= 0.6 is 15.9 Å². The van der Waals surface area contributed by atoms with Crippen LogP contribution in [0.2, 0.25) is 0 Å². The first-order valence-electron chi connectivity index (χ1n) is 7.95. The highest BCUT2D eigenvalue weighted by Crippen LogP contribution is 2.36. The molecule has 2 aromatic carbocycles. The molecule has 0 aliphatic rings. The number of nitriles is 1. The van der Waals surface area contributed by atoms with Crippen molar-refractivity contribution in [2.24, 2.45) is 0 Å². The number of rotatable bonds is 8. The van der Waals surface area contributed by atoms with Crippen LogP contribution in [-0.4, -0.2) is 26.2 Å². The Hall–Kier alpha value is -2.56. The van der Waals surface area contributed by atoms with Crippen LogP contribution in [0.25, 0.3) is 0 Å². The summed E-state index contributed by atoms with van der Waals surface area (Å²) >= 11 is 3.35. The quantitative estimate of drug-likeness (QED) is 0.703. The molecular weight excluding hydrogens is 400 g/mol. The summed E-state index contributed by atoms with van der Waals surface area (Å²) in [5.41, 5.74) is 1.98. The van der Waals surface area contributed by atoms with Crippen LogP contribution in [0.5, 0.6) is 11.5 Å². The van der Waals surface area contributed by atoms with Crippen LogP contribution in [-0.2, 0) is 16.1 Å². The molecule has 1 amide bonds. The second kappa shape index (κ2) is 9.80. The number of hydrogen-bond donors (Lipinski definition) is 1. The highest BCUT2D eigenvalue weighted by molar-refractivity contribution is 9.10. The number of para-hydroxylation sites is 1. The largest absolute Gasteiger partial charge is 0.490 e. The molecule has 0 radical (unpaired) electrons. The van der Waals surface area contributed by atoms with Crippen LogP contribution in [0.3, 0.4) is 0 Å². The van der Waals surface area contributed by atoms with Crippen molar-refractivity contribution in [2.75, 3.05) is 25.6 Å². The van der Waals surface area contributed by atoms with Gasteiger partial charge in [-0.2, -0.15) is 5.26 Å². The maximum atomic E-state index is 12.3. The highest BCUT2D eigenvalue weighted by Gasteiger charge is 2.15. The fraction of sp³-hybridized carbons (Fsp3) is 0.263. The van der Waals surface area contributed by atoms with Gasteiger partial charge in [0.1, 0.15) is 0 Å². The van der Waals surface area contributed by atoms with Crippen LogP contribution < -0.4 is 14.8 Å². The second-order valence-electron chi connectivity index (χ2n) is 5.26. The molecule has 0 saturated carbocycles. The summed E-state index contributed by atoms with van der Waals surface area (Å²) in [6, 6.07) is 12.6. The van der Waals surface area contributed by atoms with E-state index in [4.69, 9.17) is 19.5 Å². The van der Waals surface area contributed by atoms with Crippen molar-refractivity contribution >= 4 is 27.5 Å². The number of hydrogen-bond acceptors (Lipinski definition) is 5. The van der Waals surface area contributed by atoms with E-state index in [1.54, 1.807) is 25.3 Å². The van der Waals surface area contributed by atoms with Gasteiger partial charge in [-0.05, 0) is 35.0 Å². The van der Waals surface area contributed by atoms with Gasteiger partial charge in [-0.25, -0.2) is 0 Å². The second-order valence-corrected chi connectivity index (χ2v) is 6.11. The van der Waals surface area contributed by atoms with Crippen molar-refractivity contribution in [1.29, 1.82) is 5.26 Å². The Labute approximate surface area is 160 Å². The first-order chi connectivity index (χ1) is 12.6. The van der Waals surface area contributed by atoms with Crippen molar-refractivity contribution in [1.82, 2.24) is 0 Å². The van der Waals surface area contributed by atoms with Crippen molar-refractivity contribution in [3.8, 4) is 17.6 Å². The molecule has 0 unspecified atom stereocenters. The summed E-state index contributed by atoms with van der Waals surface area (Å²) in [4.78, 5) is 12.3. The third-order valence-electron chi connectivity index (χ3n) is 3.38. The van der Waals surface area contributed by atoms with E-state index >= 15 is 0 Å². The van der Waals surface area contributed by atoms with E-state index in [9.17, 15) is 4.79 Å². The number of benzene rings is 2. The van der Waals surface area contributed by atoms with Crippen molar-refractivity contribution in [2.45, 2.75) is 13.5 Å². The number of nitrogens with one attached hydrogen (secondary N) is 1. The van der Waals surface area contributed by atoms with E-state index in [2.05, 4.69) is 27.3 Å². The maximum Gasteiger partial charge on any atom is 0.262 e. The van der Waals surface area contributed by atoms with E-state index in [-0.39, 0.29) is 12.5 Å². The van der Waals surface area contributed by atoms with Crippen LogP contribution in [0, 0.1) is 11.3 Å². The average molecular weight is 419 g/mol. The Morgan fingerprint density at radius 2 is 2.04 bits per heavy atom. The summed E-state index contributed by atoms with van der Waals surface area (Å²) in [5.74, 6) is 0.476. The maximum absolute atomic E-state index is 12.3. The molecule has 2 rings (SSSR count). The van der Waals surface area contributed by atoms with E-state index < -0.39 is 0 Å². The van der Waals surface area contributed by atoms with Gasteiger partial charge in [-0.15, -0.1) is 0 Å². The van der Waals surface area contributed by atoms with Crippen LogP contribution in [0.1, 0.15) is 18.1 Å². The molecule has 2 aromatic rings. The lowest BCUT2D eigenvalue weighted by molar-refractivity contribution is -0.118. The summed E-state index contributed by atoms with van der Waals surface area (Å²) in [5, 5.41) is 11.9. The monoisotopic (exact) mass is 418 g/mol. The van der Waals surface area contributed by atoms with E-state index in [1.165, 1.54) is 0 Å². The molecule has 7 heteroatoms. The molecule has 26 heavy (non-hydrogen) atoms. The van der Waals surface area contributed by atoms with Crippen molar-refractivity contribution in [3.63, 3.8) is 0 Å². The van der Waals surface area contributed by atoms with Gasteiger partial charge >= 0.3 is 0 Å². The molecule has 0 atom stereocenters. The zero-order chi connectivity index (χ0) is 18.9. The van der Waals surface area contributed by atoms with Gasteiger partial charge in [0.2, 0.25) is 0 Å². The third-order valence-corrected chi connectivity index (χ3v) is 3.97. The molecule has 136 valence electrons. The zero-order valence-corrected chi connectivity index (χ0v) is 16.1. The minimum absolute atomic E-state index is 0.202. The normalized spacial score (nSPS) is 10.1. The molecule has 0 aromatic heterocycles. The molecular formula is C19H19BrN2O4. The smallest absolute Gasteiger partial charge is 0.262 e. The Morgan fingerprint density at radius 1 is 1.27 bits per heavy atom. The van der Waals surface area contributed by atoms with Crippen LogP contribution in [0.4, 0.5) is 5.69 Å². The average Bonchev–Trinajstić information content (AvgIpc) is 2.63. The Balaban J connectivity index is 2.09. The summed E-state index contributed by atoms with van der Waals surface area (Å²) in [7, 11) is 1.60. The Bertz CT molecular complexity index is 818. The van der Waals surface area contributed by atoms with Gasteiger partial charge in [-0.3, -0.25) is 4.79 Å². The van der Waals surface area contributed by atoms with E-state index in [0.717, 1.165) is 5.56 Å². The number of amides is 1. The highest BCUT2D eigenvalue weighted by atomic mass is 79.9. The number of carbonyl (C=O) groups is 1. The van der Waals surface area contributed by atoms with Gasteiger partial charge in [-0.1, -0.05) is 18.2 Å². The number of carbonyl (C=O) groups excluding carboxylic acids is 1. The standard InChI is InChI=1S/C19H19BrN2O4/c1-3-25-17-9-13(10-21)8-15(20)19(17)26-12-18(23)22-16-7-5-4-6-14(16)11-24-2/h4-9H,3,11-12H2,1-2H3,(H,22,23). The van der Waals surface area contributed by atoms with Gasteiger partial charge in [0.15, 0.2) is 18.1 Å². The first-order valence-corrected chi connectivity index (χ1v) is 8.74. The predicted octanol–water partition coefficient (Wildman–Crippen LogP) is 3.88. The lowest BCUT2D eigenvalue weighted by Gasteiger charge is -2.15.